The second kappa shape index (κ2) is 10.9. The molecular weight excluding hydrogens is 266 g/mol. The van der Waals surface area contributed by atoms with Crippen molar-refractivity contribution >= 4 is 11.6 Å². The van der Waals surface area contributed by atoms with E-state index in [2.05, 4.69) is 5.32 Å². The molecule has 1 saturated carbocycles. The summed E-state index contributed by atoms with van der Waals surface area (Å²) in [4.78, 5) is 0. The third kappa shape index (κ3) is 7.47. The maximum Gasteiger partial charge on any atom is 0.0701 e. The number of ether oxygens (including phenoxy) is 3. The molecule has 0 radical (unpaired) electrons. The van der Waals surface area contributed by atoms with Gasteiger partial charge in [-0.3, -0.25) is 0 Å². The van der Waals surface area contributed by atoms with Gasteiger partial charge in [-0.1, -0.05) is 12.8 Å². The molecule has 0 spiro atoms. The highest BCUT2D eigenvalue weighted by Crippen LogP contribution is 2.38. The second-order valence-electron chi connectivity index (χ2n) is 5.24. The summed E-state index contributed by atoms with van der Waals surface area (Å²) in [5.74, 6) is 0.772. The van der Waals surface area contributed by atoms with Gasteiger partial charge in [0.25, 0.3) is 0 Å². The van der Waals surface area contributed by atoms with Gasteiger partial charge in [0.15, 0.2) is 0 Å². The summed E-state index contributed by atoms with van der Waals surface area (Å²) >= 11 is 6.09. The topological polar surface area (TPSA) is 39.7 Å². The van der Waals surface area contributed by atoms with Gasteiger partial charge in [0.1, 0.15) is 0 Å². The molecule has 0 amide bonds. The summed E-state index contributed by atoms with van der Waals surface area (Å²) in [5, 5.41) is 3.46. The summed E-state index contributed by atoms with van der Waals surface area (Å²) < 4.78 is 15.7. The van der Waals surface area contributed by atoms with Crippen LogP contribution in [0.15, 0.2) is 0 Å². The first kappa shape index (κ1) is 17.2. The molecule has 1 N–H and O–H groups in total. The van der Waals surface area contributed by atoms with Gasteiger partial charge in [-0.05, 0) is 18.3 Å². The number of hydrogen-bond donors (Lipinski definition) is 1. The second-order valence-corrected chi connectivity index (χ2v) is 5.50. The maximum atomic E-state index is 6.09. The fraction of sp³-hybridized carbons (Fsp3) is 1.00. The van der Waals surface area contributed by atoms with Gasteiger partial charge in [0, 0.05) is 26.1 Å². The summed E-state index contributed by atoms with van der Waals surface area (Å²) in [7, 11) is 1.67. The molecule has 0 saturated heterocycles. The van der Waals surface area contributed by atoms with Gasteiger partial charge in [-0.2, -0.15) is 0 Å². The van der Waals surface area contributed by atoms with Crippen molar-refractivity contribution in [3.05, 3.63) is 0 Å². The molecule has 5 heteroatoms. The Morgan fingerprint density at radius 1 is 1.00 bits per heavy atom. The van der Waals surface area contributed by atoms with E-state index in [1.165, 1.54) is 25.7 Å². The Bertz CT molecular complexity index is 211. The highest BCUT2D eigenvalue weighted by molar-refractivity contribution is 6.18. The van der Waals surface area contributed by atoms with Crippen LogP contribution in [-0.2, 0) is 14.2 Å². The lowest BCUT2D eigenvalue weighted by atomic mass is 9.88. The Balaban J connectivity index is 1.85. The van der Waals surface area contributed by atoms with Gasteiger partial charge in [0.05, 0.1) is 33.0 Å². The minimum atomic E-state index is 0.338. The van der Waals surface area contributed by atoms with Gasteiger partial charge < -0.3 is 19.5 Å². The quantitative estimate of drug-likeness (QED) is 0.442. The molecule has 1 aliphatic carbocycles. The van der Waals surface area contributed by atoms with Crippen molar-refractivity contribution < 1.29 is 14.2 Å². The predicted molar refractivity (Wildman–Crippen MR) is 78.0 cm³/mol. The molecule has 4 nitrogen and oxygen atoms in total. The van der Waals surface area contributed by atoms with E-state index in [1.807, 2.05) is 0 Å². The average Bonchev–Trinajstić information content (AvgIpc) is 2.90. The maximum absolute atomic E-state index is 6.09. The van der Waals surface area contributed by atoms with Crippen LogP contribution in [0.25, 0.3) is 0 Å². The summed E-state index contributed by atoms with van der Waals surface area (Å²) in [5.41, 5.74) is 0.338. The number of alkyl halides is 1. The van der Waals surface area contributed by atoms with Crippen LogP contribution in [-0.4, -0.2) is 59.1 Å². The van der Waals surface area contributed by atoms with Gasteiger partial charge in [0.2, 0.25) is 0 Å². The molecule has 0 aromatic rings. The lowest BCUT2D eigenvalue weighted by Crippen LogP contribution is -2.35. The van der Waals surface area contributed by atoms with E-state index in [0.717, 1.165) is 25.6 Å². The van der Waals surface area contributed by atoms with Crippen LogP contribution in [0, 0.1) is 5.41 Å². The Morgan fingerprint density at radius 3 is 2.26 bits per heavy atom. The summed E-state index contributed by atoms with van der Waals surface area (Å²) in [6, 6.07) is 0. The lowest BCUT2D eigenvalue weighted by Gasteiger charge is -2.26. The van der Waals surface area contributed by atoms with Crippen LogP contribution in [0.4, 0.5) is 0 Å². The Morgan fingerprint density at radius 2 is 1.63 bits per heavy atom. The zero-order valence-electron chi connectivity index (χ0n) is 12.1. The van der Waals surface area contributed by atoms with Crippen LogP contribution in [0.1, 0.15) is 25.7 Å². The highest BCUT2D eigenvalue weighted by Gasteiger charge is 2.32. The van der Waals surface area contributed by atoms with E-state index in [9.17, 15) is 0 Å². The van der Waals surface area contributed by atoms with Gasteiger partial charge >= 0.3 is 0 Å². The molecule has 19 heavy (non-hydrogen) atoms. The number of nitrogens with one attached hydrogen (secondary N) is 1. The van der Waals surface area contributed by atoms with E-state index in [-0.39, 0.29) is 0 Å². The number of halogens is 1. The van der Waals surface area contributed by atoms with Crippen molar-refractivity contribution in [2.75, 3.05) is 59.1 Å². The molecule has 0 aliphatic heterocycles. The van der Waals surface area contributed by atoms with Crippen molar-refractivity contribution in [1.82, 2.24) is 5.32 Å². The van der Waals surface area contributed by atoms with Crippen LogP contribution in [0.5, 0.6) is 0 Å². The van der Waals surface area contributed by atoms with Crippen molar-refractivity contribution in [1.29, 1.82) is 0 Å². The van der Waals surface area contributed by atoms with E-state index >= 15 is 0 Å². The molecular formula is C14H28ClNO3. The van der Waals surface area contributed by atoms with Crippen LogP contribution in [0.2, 0.25) is 0 Å². The Kier molecular flexibility index (Phi) is 9.82. The third-order valence-corrected chi connectivity index (χ3v) is 4.24. The highest BCUT2D eigenvalue weighted by atomic mass is 35.5. The Hall–Kier alpha value is 0.130. The van der Waals surface area contributed by atoms with E-state index in [4.69, 9.17) is 25.8 Å². The van der Waals surface area contributed by atoms with Crippen molar-refractivity contribution in [2.45, 2.75) is 25.7 Å². The van der Waals surface area contributed by atoms with Crippen molar-refractivity contribution in [3.8, 4) is 0 Å². The predicted octanol–water partition coefficient (Wildman–Crippen LogP) is 2.05. The third-order valence-electron chi connectivity index (χ3n) is 3.67. The molecule has 0 heterocycles. The first-order chi connectivity index (χ1) is 9.33. The fourth-order valence-corrected chi connectivity index (χ4v) is 2.81. The molecule has 114 valence electrons. The van der Waals surface area contributed by atoms with Crippen molar-refractivity contribution in [3.63, 3.8) is 0 Å². The molecule has 0 atom stereocenters. The van der Waals surface area contributed by atoms with Crippen LogP contribution < -0.4 is 5.32 Å². The first-order valence-corrected chi connectivity index (χ1v) is 7.77. The van der Waals surface area contributed by atoms with Crippen molar-refractivity contribution in [2.24, 2.45) is 5.41 Å². The standard InChI is InChI=1S/C14H28ClNO3/c1-17-8-9-19-11-10-18-7-6-16-13-14(12-15)4-2-3-5-14/h16H,2-13H2,1H3. The average molecular weight is 294 g/mol. The van der Waals surface area contributed by atoms with Crippen LogP contribution >= 0.6 is 11.6 Å². The smallest absolute Gasteiger partial charge is 0.0701 e. The summed E-state index contributed by atoms with van der Waals surface area (Å²) in [6.45, 7) is 5.19. The minimum Gasteiger partial charge on any atom is -0.382 e. The van der Waals surface area contributed by atoms with Gasteiger partial charge in [-0.25, -0.2) is 0 Å². The number of hydrogen-bond acceptors (Lipinski definition) is 4. The SMILES string of the molecule is COCCOCCOCCNCC1(CCl)CCCC1. The monoisotopic (exact) mass is 293 g/mol. The largest absolute Gasteiger partial charge is 0.382 e. The summed E-state index contributed by atoms with van der Waals surface area (Å²) in [6.07, 6.45) is 5.17. The molecule has 1 aliphatic rings. The molecule has 0 bridgehead atoms. The lowest BCUT2D eigenvalue weighted by molar-refractivity contribution is 0.0253. The fourth-order valence-electron chi connectivity index (χ4n) is 2.44. The number of methoxy groups -OCH3 is 1. The van der Waals surface area contributed by atoms with E-state index in [1.54, 1.807) is 7.11 Å². The normalized spacial score (nSPS) is 18.0. The first-order valence-electron chi connectivity index (χ1n) is 7.24. The molecule has 0 aromatic heterocycles. The molecule has 1 fully saturated rings. The zero-order valence-corrected chi connectivity index (χ0v) is 12.8. The van der Waals surface area contributed by atoms with E-state index in [0.29, 0.717) is 31.8 Å². The van der Waals surface area contributed by atoms with Gasteiger partial charge in [-0.15, -0.1) is 11.6 Å². The molecule has 0 aromatic carbocycles. The zero-order chi connectivity index (χ0) is 13.8. The minimum absolute atomic E-state index is 0.338. The van der Waals surface area contributed by atoms with Crippen LogP contribution in [0.3, 0.4) is 0 Å². The molecule has 0 unspecified atom stereocenters. The number of rotatable bonds is 12. The van der Waals surface area contributed by atoms with E-state index < -0.39 is 0 Å². The molecule has 1 rings (SSSR count). The Labute approximate surface area is 122 Å².